The van der Waals surface area contributed by atoms with Gasteiger partial charge in [0.15, 0.2) is 0 Å². The monoisotopic (exact) mass is 191 g/mol. The number of ether oxygens (including phenoxy) is 1. The molecule has 0 spiro atoms. The number of nitrogens with two attached hydrogens (primary N) is 1. The van der Waals surface area contributed by atoms with Crippen LogP contribution in [0.1, 0.15) is 7.12 Å². The Hall–Kier alpha value is -1.84. The van der Waals surface area contributed by atoms with E-state index >= 15 is 0 Å². The third-order valence-corrected chi connectivity index (χ3v) is 2.11. The number of aryl methyl sites for hydroxylation is 1. The Labute approximate surface area is 83.2 Å². The van der Waals surface area contributed by atoms with E-state index < -0.39 is 0 Å². The lowest BCUT2D eigenvalue weighted by molar-refractivity contribution is 0.415. The first-order chi connectivity index (χ1) is 6.70. The molecule has 0 unspecified atom stereocenters. The van der Waals surface area contributed by atoms with Gasteiger partial charge in [-0.15, -0.1) is 0 Å². The number of nitrogens with zero attached hydrogens (tertiary/aromatic N) is 2. The summed E-state index contributed by atoms with van der Waals surface area (Å²) in [5.41, 5.74) is 7.25. The number of hydrogen-bond donors (Lipinski definition) is 1. The van der Waals surface area contributed by atoms with Gasteiger partial charge in [0.05, 0.1) is 18.3 Å². The van der Waals surface area contributed by atoms with Crippen molar-refractivity contribution < 1.29 is 6.16 Å². The van der Waals surface area contributed by atoms with Crippen molar-refractivity contribution in [2.45, 2.75) is 6.92 Å². The lowest BCUT2D eigenvalue weighted by Gasteiger charge is -2.04. The van der Waals surface area contributed by atoms with Gasteiger partial charge in [0.1, 0.15) is 5.75 Å². The molecular weight excluding hydrogens is 178 g/mol. The van der Waals surface area contributed by atoms with Crippen LogP contribution in [0.2, 0.25) is 0 Å². The zero-order valence-electron chi connectivity index (χ0n) is 8.11. The Balaban J connectivity index is 0.00000112. The second kappa shape index (κ2) is 3.14. The van der Waals surface area contributed by atoms with Gasteiger partial charge in [-0.1, -0.05) is 0 Å². The summed E-state index contributed by atoms with van der Waals surface area (Å²) in [6.07, 6.45) is 0. The molecule has 4 heteroatoms. The van der Waals surface area contributed by atoms with Crippen molar-refractivity contribution in [2.75, 3.05) is 12.8 Å². The fourth-order valence-electron chi connectivity index (χ4n) is 1.42. The van der Waals surface area contributed by atoms with Crippen molar-refractivity contribution in [3.8, 4) is 5.75 Å². The Kier molecular flexibility index (Phi) is 1.96. The van der Waals surface area contributed by atoms with Crippen molar-refractivity contribution in [3.05, 3.63) is 23.9 Å². The Morgan fingerprint density at radius 2 is 2.14 bits per heavy atom. The molecule has 0 aliphatic carbocycles. The second-order valence-corrected chi connectivity index (χ2v) is 3.05. The van der Waals surface area contributed by atoms with Crippen molar-refractivity contribution in [1.29, 1.82) is 0 Å². The van der Waals surface area contributed by atoms with Gasteiger partial charge in [-0.05, 0) is 19.1 Å². The van der Waals surface area contributed by atoms with Gasteiger partial charge >= 0.3 is 0 Å². The maximum atomic E-state index is 5.55. The Bertz CT molecular complexity index is 487. The van der Waals surface area contributed by atoms with E-state index in [4.69, 9.17) is 10.5 Å². The summed E-state index contributed by atoms with van der Waals surface area (Å²) in [7, 11) is 1.62. The van der Waals surface area contributed by atoms with Crippen LogP contribution < -0.4 is 10.5 Å². The van der Waals surface area contributed by atoms with E-state index in [0.717, 1.165) is 22.3 Å². The molecular formula is C10H13N3O. The highest BCUT2D eigenvalue weighted by Crippen LogP contribution is 2.21. The Morgan fingerprint density at radius 1 is 1.36 bits per heavy atom. The maximum absolute atomic E-state index is 5.55. The summed E-state index contributed by atoms with van der Waals surface area (Å²) in [5, 5.41) is 1.00. The molecule has 0 bridgehead atoms. The van der Waals surface area contributed by atoms with E-state index in [9.17, 15) is 0 Å². The van der Waals surface area contributed by atoms with Crippen molar-refractivity contribution in [2.24, 2.45) is 0 Å². The minimum absolute atomic E-state index is 0. The highest BCUT2D eigenvalue weighted by Gasteiger charge is 2.02. The van der Waals surface area contributed by atoms with E-state index in [0.29, 0.717) is 5.95 Å². The summed E-state index contributed by atoms with van der Waals surface area (Å²) in [6.45, 7) is 1.91. The summed E-state index contributed by atoms with van der Waals surface area (Å²) < 4.78 is 5.10. The largest absolute Gasteiger partial charge is 0.497 e. The molecule has 0 aliphatic heterocycles. The summed E-state index contributed by atoms with van der Waals surface area (Å²) in [4.78, 5) is 8.21. The lowest BCUT2D eigenvalue weighted by Crippen LogP contribution is -1.97. The zero-order chi connectivity index (χ0) is 10.1. The van der Waals surface area contributed by atoms with Crippen molar-refractivity contribution in [1.82, 2.24) is 9.97 Å². The predicted octanol–water partition coefficient (Wildman–Crippen LogP) is 1.78. The average Bonchev–Trinajstić information content (AvgIpc) is 2.16. The van der Waals surface area contributed by atoms with Gasteiger partial charge in [0.2, 0.25) is 5.95 Å². The van der Waals surface area contributed by atoms with E-state index in [-0.39, 0.29) is 1.43 Å². The fraction of sp³-hybridized carbons (Fsp3) is 0.200. The van der Waals surface area contributed by atoms with Crippen molar-refractivity contribution in [3.63, 3.8) is 0 Å². The fourth-order valence-corrected chi connectivity index (χ4v) is 1.42. The van der Waals surface area contributed by atoms with Crippen LogP contribution >= 0.6 is 0 Å². The summed E-state index contributed by atoms with van der Waals surface area (Å²) in [5.74, 6) is 1.07. The predicted molar refractivity (Wildman–Crippen MR) is 57.4 cm³/mol. The van der Waals surface area contributed by atoms with Crippen LogP contribution in [0, 0.1) is 6.92 Å². The molecule has 0 saturated carbocycles. The van der Waals surface area contributed by atoms with Crippen LogP contribution in [0.5, 0.6) is 5.75 Å². The topological polar surface area (TPSA) is 61.0 Å². The minimum Gasteiger partial charge on any atom is -0.497 e. The third kappa shape index (κ3) is 1.35. The van der Waals surface area contributed by atoms with Crippen LogP contribution in [0.25, 0.3) is 10.9 Å². The van der Waals surface area contributed by atoms with Crippen LogP contribution in [0.4, 0.5) is 5.95 Å². The number of nitrogen functional groups attached to an aromatic ring is 1. The number of fused-ring (bicyclic) bond motifs is 1. The molecule has 2 rings (SSSR count). The third-order valence-electron chi connectivity index (χ3n) is 2.11. The quantitative estimate of drug-likeness (QED) is 0.746. The van der Waals surface area contributed by atoms with E-state index in [2.05, 4.69) is 9.97 Å². The smallest absolute Gasteiger partial charge is 0.220 e. The molecule has 1 aromatic carbocycles. The average molecular weight is 191 g/mol. The standard InChI is InChI=1S/C10H11N3O.H2/c1-6-8-4-3-7(14-2)5-9(8)13-10(11)12-6;/h3-5H,1-2H3,(H2,11,12,13);1H. The molecule has 2 N–H and O–H groups in total. The van der Waals surface area contributed by atoms with Gasteiger partial charge in [-0.2, -0.15) is 0 Å². The molecule has 2 aromatic rings. The van der Waals surface area contributed by atoms with Crippen LogP contribution in [-0.4, -0.2) is 17.1 Å². The van der Waals surface area contributed by atoms with Gasteiger partial charge < -0.3 is 10.5 Å². The molecule has 0 amide bonds. The molecule has 1 heterocycles. The zero-order valence-corrected chi connectivity index (χ0v) is 8.11. The maximum Gasteiger partial charge on any atom is 0.220 e. The minimum atomic E-state index is 0. The highest BCUT2D eigenvalue weighted by atomic mass is 16.5. The van der Waals surface area contributed by atoms with Gasteiger partial charge in [-0.3, -0.25) is 0 Å². The van der Waals surface area contributed by atoms with Gasteiger partial charge in [0.25, 0.3) is 0 Å². The van der Waals surface area contributed by atoms with Gasteiger partial charge in [-0.25, -0.2) is 9.97 Å². The molecule has 0 atom stereocenters. The van der Waals surface area contributed by atoms with Gasteiger partial charge in [0, 0.05) is 12.9 Å². The molecule has 1 aromatic heterocycles. The number of anilines is 1. The van der Waals surface area contributed by atoms with Crippen LogP contribution in [0.3, 0.4) is 0 Å². The molecule has 74 valence electrons. The van der Waals surface area contributed by atoms with Crippen molar-refractivity contribution >= 4 is 16.9 Å². The number of hydrogen-bond acceptors (Lipinski definition) is 4. The van der Waals surface area contributed by atoms with E-state index in [1.807, 2.05) is 25.1 Å². The molecule has 4 nitrogen and oxygen atoms in total. The lowest BCUT2D eigenvalue weighted by atomic mass is 10.2. The summed E-state index contributed by atoms with van der Waals surface area (Å²) >= 11 is 0. The summed E-state index contributed by atoms with van der Waals surface area (Å²) in [6, 6.07) is 5.66. The van der Waals surface area contributed by atoms with Crippen LogP contribution in [0.15, 0.2) is 18.2 Å². The SMILES string of the molecule is COc1ccc2c(C)nc(N)nc2c1.[HH]. The molecule has 0 fully saturated rings. The van der Waals surface area contributed by atoms with E-state index in [1.165, 1.54) is 0 Å². The first kappa shape index (κ1) is 8.74. The molecule has 0 saturated heterocycles. The normalized spacial score (nSPS) is 10.4. The highest BCUT2D eigenvalue weighted by molar-refractivity contribution is 5.82. The number of rotatable bonds is 1. The number of aromatic nitrogens is 2. The van der Waals surface area contributed by atoms with E-state index in [1.54, 1.807) is 7.11 Å². The number of methoxy groups -OCH3 is 1. The number of benzene rings is 1. The first-order valence-corrected chi connectivity index (χ1v) is 4.28. The molecule has 0 aliphatic rings. The first-order valence-electron chi connectivity index (χ1n) is 4.28. The van der Waals surface area contributed by atoms with Crippen LogP contribution in [-0.2, 0) is 0 Å². The Morgan fingerprint density at radius 3 is 2.86 bits per heavy atom. The molecule has 0 radical (unpaired) electrons. The second-order valence-electron chi connectivity index (χ2n) is 3.05. The molecule has 14 heavy (non-hydrogen) atoms.